The van der Waals surface area contributed by atoms with Gasteiger partial charge in [-0.25, -0.2) is 0 Å². The third kappa shape index (κ3) is 4.14. The van der Waals surface area contributed by atoms with Crippen molar-refractivity contribution >= 4 is 23.2 Å². The molecule has 2 amide bonds. The average Bonchev–Trinajstić information content (AvgIpc) is 3.34. The summed E-state index contributed by atoms with van der Waals surface area (Å²) in [5.74, 6) is 0.372. The van der Waals surface area contributed by atoms with Gasteiger partial charge in [0, 0.05) is 29.3 Å². The van der Waals surface area contributed by atoms with Crippen molar-refractivity contribution in [1.29, 1.82) is 0 Å². The molecule has 186 valence electrons. The number of hydrogen-bond donors (Lipinski definition) is 2. The van der Waals surface area contributed by atoms with Gasteiger partial charge in [-0.3, -0.25) is 9.59 Å². The first-order valence-electron chi connectivity index (χ1n) is 12.2. The summed E-state index contributed by atoms with van der Waals surface area (Å²) >= 11 is 0. The van der Waals surface area contributed by atoms with Gasteiger partial charge in [0.25, 0.3) is 11.8 Å². The molecule has 0 radical (unpaired) electrons. The van der Waals surface area contributed by atoms with Crippen LogP contribution in [-0.4, -0.2) is 36.7 Å². The van der Waals surface area contributed by atoms with Gasteiger partial charge in [0.05, 0.1) is 25.4 Å². The number of aliphatic hydroxyl groups excluding tert-OH is 1. The number of hydrogen-bond acceptors (Lipinski definition) is 5. The number of carbonyl (C=O) groups is 2. The van der Waals surface area contributed by atoms with Crippen LogP contribution in [0.1, 0.15) is 41.3 Å². The predicted molar refractivity (Wildman–Crippen MR) is 137 cm³/mol. The molecule has 36 heavy (non-hydrogen) atoms. The van der Waals surface area contributed by atoms with Gasteiger partial charge < -0.3 is 24.8 Å². The maximum absolute atomic E-state index is 13.9. The molecule has 3 aromatic rings. The molecule has 2 heterocycles. The van der Waals surface area contributed by atoms with Crippen LogP contribution in [0.15, 0.2) is 72.8 Å². The molecule has 0 aliphatic carbocycles. The Morgan fingerprint density at radius 1 is 1.14 bits per heavy atom. The SMILES string of the molecule is COc1ccc(C(=O)Nc2cccc(CN3C(=O)[C@@]4(O[C@@H](CCO)C[C@H]4C)c4ccccc43)c2)cc1. The van der Waals surface area contributed by atoms with E-state index in [0.717, 1.165) is 23.2 Å². The van der Waals surface area contributed by atoms with Gasteiger partial charge in [0.2, 0.25) is 0 Å². The van der Waals surface area contributed by atoms with Crippen LogP contribution in [0, 0.1) is 5.92 Å². The van der Waals surface area contributed by atoms with Crippen molar-refractivity contribution in [3.05, 3.63) is 89.5 Å². The number of nitrogens with zero attached hydrogens (tertiary/aromatic N) is 1. The Morgan fingerprint density at radius 3 is 2.67 bits per heavy atom. The number of aliphatic hydroxyl groups is 1. The summed E-state index contributed by atoms with van der Waals surface area (Å²) in [5.41, 5.74) is 2.75. The molecule has 0 unspecified atom stereocenters. The lowest BCUT2D eigenvalue weighted by molar-refractivity contribution is -0.146. The number of ether oxygens (including phenoxy) is 2. The Bertz CT molecular complexity index is 1270. The largest absolute Gasteiger partial charge is 0.497 e. The summed E-state index contributed by atoms with van der Waals surface area (Å²) in [7, 11) is 1.58. The van der Waals surface area contributed by atoms with Crippen LogP contribution in [-0.2, 0) is 21.7 Å². The highest BCUT2D eigenvalue weighted by Crippen LogP contribution is 2.53. The molecule has 0 saturated carbocycles. The maximum Gasteiger partial charge on any atom is 0.264 e. The van der Waals surface area contributed by atoms with Crippen molar-refractivity contribution in [2.75, 3.05) is 23.9 Å². The highest BCUT2D eigenvalue weighted by molar-refractivity contribution is 6.07. The lowest BCUT2D eigenvalue weighted by Crippen LogP contribution is -2.43. The third-order valence-corrected chi connectivity index (χ3v) is 7.15. The van der Waals surface area contributed by atoms with Crippen molar-refractivity contribution in [2.45, 2.75) is 38.0 Å². The number of benzene rings is 3. The van der Waals surface area contributed by atoms with E-state index in [0.29, 0.717) is 30.0 Å². The smallest absolute Gasteiger partial charge is 0.264 e. The van der Waals surface area contributed by atoms with Crippen molar-refractivity contribution in [3.8, 4) is 5.75 Å². The van der Waals surface area contributed by atoms with Crippen molar-refractivity contribution in [1.82, 2.24) is 0 Å². The Morgan fingerprint density at radius 2 is 1.92 bits per heavy atom. The number of nitrogens with one attached hydrogen (secondary N) is 1. The van der Waals surface area contributed by atoms with E-state index in [1.807, 2.05) is 55.5 Å². The molecule has 0 aromatic heterocycles. The van der Waals surface area contributed by atoms with Crippen molar-refractivity contribution in [3.63, 3.8) is 0 Å². The van der Waals surface area contributed by atoms with Crippen LogP contribution in [0.25, 0.3) is 0 Å². The molecule has 2 N–H and O–H groups in total. The van der Waals surface area contributed by atoms with E-state index >= 15 is 0 Å². The lowest BCUT2D eigenvalue weighted by atomic mass is 9.83. The summed E-state index contributed by atoms with van der Waals surface area (Å²) in [5, 5.41) is 12.4. The molecule has 3 atom stereocenters. The van der Waals surface area contributed by atoms with Crippen LogP contribution in [0.2, 0.25) is 0 Å². The van der Waals surface area contributed by atoms with E-state index in [1.165, 1.54) is 0 Å². The van der Waals surface area contributed by atoms with Gasteiger partial charge in [-0.05, 0) is 60.9 Å². The second-order valence-electron chi connectivity index (χ2n) is 9.42. The average molecular weight is 487 g/mol. The Hall–Kier alpha value is -3.68. The molecule has 5 rings (SSSR count). The fourth-order valence-electron chi connectivity index (χ4n) is 5.38. The van der Waals surface area contributed by atoms with Crippen molar-refractivity contribution in [2.24, 2.45) is 5.92 Å². The van der Waals surface area contributed by atoms with Gasteiger partial charge in [-0.2, -0.15) is 0 Å². The van der Waals surface area contributed by atoms with Crippen LogP contribution >= 0.6 is 0 Å². The Labute approximate surface area is 210 Å². The quantitative estimate of drug-likeness (QED) is 0.514. The summed E-state index contributed by atoms with van der Waals surface area (Å²) in [6.45, 7) is 2.43. The number of fused-ring (bicyclic) bond motifs is 2. The Kier molecular flexibility index (Phi) is 6.51. The highest BCUT2D eigenvalue weighted by atomic mass is 16.5. The van der Waals surface area contributed by atoms with E-state index in [4.69, 9.17) is 9.47 Å². The fraction of sp³-hybridized carbons (Fsp3) is 0.310. The molecule has 0 bridgehead atoms. The molecule has 7 heteroatoms. The van der Waals surface area contributed by atoms with E-state index in [1.54, 1.807) is 36.3 Å². The zero-order valence-corrected chi connectivity index (χ0v) is 20.4. The second-order valence-corrected chi connectivity index (χ2v) is 9.42. The van der Waals surface area contributed by atoms with E-state index in [2.05, 4.69) is 5.32 Å². The summed E-state index contributed by atoms with van der Waals surface area (Å²) in [4.78, 5) is 28.4. The zero-order chi connectivity index (χ0) is 25.3. The molecular weight excluding hydrogens is 456 g/mol. The molecular formula is C29H30N2O5. The fourth-order valence-corrected chi connectivity index (χ4v) is 5.38. The van der Waals surface area contributed by atoms with Crippen LogP contribution < -0.4 is 15.0 Å². The lowest BCUT2D eigenvalue weighted by Gasteiger charge is -2.28. The first-order valence-corrected chi connectivity index (χ1v) is 12.2. The molecule has 3 aromatic carbocycles. The molecule has 2 aliphatic rings. The second kappa shape index (κ2) is 9.76. The van der Waals surface area contributed by atoms with Gasteiger partial charge in [-0.15, -0.1) is 0 Å². The summed E-state index contributed by atoms with van der Waals surface area (Å²) < 4.78 is 11.5. The minimum Gasteiger partial charge on any atom is -0.497 e. The first-order chi connectivity index (χ1) is 17.5. The number of methoxy groups -OCH3 is 1. The number of rotatable bonds is 7. The first kappa shape index (κ1) is 24.0. The molecule has 7 nitrogen and oxygen atoms in total. The van der Waals surface area contributed by atoms with Gasteiger partial charge in [-0.1, -0.05) is 37.3 Å². The third-order valence-electron chi connectivity index (χ3n) is 7.15. The topological polar surface area (TPSA) is 88.1 Å². The summed E-state index contributed by atoms with van der Waals surface area (Å²) in [6, 6.07) is 22.2. The number of amides is 2. The van der Waals surface area contributed by atoms with Gasteiger partial charge >= 0.3 is 0 Å². The maximum atomic E-state index is 13.9. The zero-order valence-electron chi connectivity index (χ0n) is 20.4. The van der Waals surface area contributed by atoms with E-state index < -0.39 is 5.60 Å². The standard InChI is InChI=1S/C29H30N2O5/c1-19-16-24(14-15-32)36-29(19)25-8-3-4-9-26(25)31(28(29)34)18-20-6-5-7-22(17-20)30-27(33)21-10-12-23(35-2)13-11-21/h3-13,17,19,24,32H,14-16,18H2,1-2H3,(H,30,33)/t19-,24+,29+/m1/s1. The monoisotopic (exact) mass is 486 g/mol. The van der Waals surface area contributed by atoms with E-state index in [9.17, 15) is 14.7 Å². The minimum atomic E-state index is -1.03. The van der Waals surface area contributed by atoms with Gasteiger partial charge in [0.1, 0.15) is 5.75 Å². The van der Waals surface area contributed by atoms with Crippen LogP contribution in [0.3, 0.4) is 0 Å². The minimum absolute atomic E-state index is 0.0113. The Balaban J connectivity index is 1.38. The van der Waals surface area contributed by atoms with Crippen molar-refractivity contribution < 1.29 is 24.2 Å². The molecule has 1 saturated heterocycles. The number of carbonyl (C=O) groups excluding carboxylic acids is 2. The normalized spacial score (nSPS) is 22.6. The van der Waals surface area contributed by atoms with Gasteiger partial charge in [0.15, 0.2) is 5.60 Å². The molecule has 1 spiro atoms. The molecule has 2 aliphatic heterocycles. The predicted octanol–water partition coefficient (Wildman–Crippen LogP) is 4.50. The van der Waals surface area contributed by atoms with E-state index in [-0.39, 0.29) is 30.4 Å². The van der Waals surface area contributed by atoms with Crippen LogP contribution in [0.4, 0.5) is 11.4 Å². The summed E-state index contributed by atoms with van der Waals surface area (Å²) in [6.07, 6.45) is 1.08. The number of anilines is 2. The van der Waals surface area contributed by atoms with Crippen LogP contribution in [0.5, 0.6) is 5.75 Å². The number of para-hydroxylation sites is 1. The highest BCUT2D eigenvalue weighted by Gasteiger charge is 2.59. The molecule has 1 fully saturated rings.